The van der Waals surface area contributed by atoms with E-state index in [4.69, 9.17) is 5.73 Å². The molecule has 25 heavy (non-hydrogen) atoms. The van der Waals surface area contributed by atoms with Crippen LogP contribution in [0.25, 0.3) is 21.5 Å². The summed E-state index contributed by atoms with van der Waals surface area (Å²) < 4.78 is 0. The fourth-order valence-electron chi connectivity index (χ4n) is 3.37. The normalized spacial score (nSPS) is 11.4. The average molecular weight is 335 g/mol. The second-order valence-corrected chi connectivity index (χ2v) is 6.57. The molecule has 0 atom stereocenters. The standard InChI is InChI=1S/C22H29N3/c23-12-5-6-13-24-14-7-15-25-17-22-20-10-3-1-8-18(20)16-19-9-2-4-11-21(19)22/h1-4,8-11,16,24-25H,5-7,12-15,17,23H2. The third-order valence-electron chi connectivity index (χ3n) is 4.70. The van der Waals surface area contributed by atoms with E-state index in [0.717, 1.165) is 45.6 Å². The Morgan fingerprint density at radius 2 is 1.28 bits per heavy atom. The van der Waals surface area contributed by atoms with Crippen LogP contribution in [0.15, 0.2) is 54.6 Å². The number of nitrogens with one attached hydrogen (secondary N) is 2. The molecule has 0 unspecified atom stereocenters. The van der Waals surface area contributed by atoms with Gasteiger partial charge in [0.15, 0.2) is 0 Å². The first-order valence-corrected chi connectivity index (χ1v) is 9.41. The van der Waals surface area contributed by atoms with Gasteiger partial charge in [0.25, 0.3) is 0 Å². The minimum absolute atomic E-state index is 0.794. The molecule has 4 N–H and O–H groups in total. The average Bonchev–Trinajstić information content (AvgIpc) is 2.66. The predicted molar refractivity (Wildman–Crippen MR) is 109 cm³/mol. The Morgan fingerprint density at radius 1 is 0.680 bits per heavy atom. The Morgan fingerprint density at radius 3 is 1.96 bits per heavy atom. The van der Waals surface area contributed by atoms with Gasteiger partial charge in [-0.1, -0.05) is 48.5 Å². The summed E-state index contributed by atoms with van der Waals surface area (Å²) >= 11 is 0. The molecule has 0 heterocycles. The van der Waals surface area contributed by atoms with Crippen LogP contribution in [-0.4, -0.2) is 26.2 Å². The topological polar surface area (TPSA) is 50.1 Å². The van der Waals surface area contributed by atoms with E-state index in [9.17, 15) is 0 Å². The molecule has 3 heteroatoms. The second kappa shape index (κ2) is 9.52. The zero-order chi connectivity index (χ0) is 17.3. The molecule has 0 radical (unpaired) electrons. The minimum Gasteiger partial charge on any atom is -0.330 e. The molecule has 3 nitrogen and oxygen atoms in total. The van der Waals surface area contributed by atoms with Gasteiger partial charge in [0.05, 0.1) is 0 Å². The van der Waals surface area contributed by atoms with Gasteiger partial charge in [-0.3, -0.25) is 0 Å². The van der Waals surface area contributed by atoms with Crippen LogP contribution in [-0.2, 0) is 6.54 Å². The number of unbranched alkanes of at least 4 members (excludes halogenated alkanes) is 1. The van der Waals surface area contributed by atoms with Gasteiger partial charge in [0.1, 0.15) is 0 Å². The highest BCUT2D eigenvalue weighted by atomic mass is 14.9. The van der Waals surface area contributed by atoms with E-state index in [-0.39, 0.29) is 0 Å². The fourth-order valence-corrected chi connectivity index (χ4v) is 3.37. The second-order valence-electron chi connectivity index (χ2n) is 6.57. The van der Waals surface area contributed by atoms with Gasteiger partial charge < -0.3 is 16.4 Å². The van der Waals surface area contributed by atoms with Crippen LogP contribution in [0, 0.1) is 0 Å². The van der Waals surface area contributed by atoms with Crippen LogP contribution in [0.3, 0.4) is 0 Å². The van der Waals surface area contributed by atoms with Crippen molar-refractivity contribution in [3.05, 3.63) is 60.2 Å². The summed E-state index contributed by atoms with van der Waals surface area (Å²) in [7, 11) is 0. The van der Waals surface area contributed by atoms with E-state index in [1.54, 1.807) is 0 Å². The molecule has 0 saturated heterocycles. The van der Waals surface area contributed by atoms with Crippen molar-refractivity contribution in [1.82, 2.24) is 10.6 Å². The summed E-state index contributed by atoms with van der Waals surface area (Å²) in [4.78, 5) is 0. The minimum atomic E-state index is 0.794. The number of benzene rings is 3. The number of hydrogen-bond acceptors (Lipinski definition) is 3. The lowest BCUT2D eigenvalue weighted by Gasteiger charge is -2.13. The van der Waals surface area contributed by atoms with Crippen molar-refractivity contribution in [1.29, 1.82) is 0 Å². The van der Waals surface area contributed by atoms with Crippen molar-refractivity contribution >= 4 is 21.5 Å². The van der Waals surface area contributed by atoms with Gasteiger partial charge in [-0.25, -0.2) is 0 Å². The van der Waals surface area contributed by atoms with Crippen molar-refractivity contribution in [2.24, 2.45) is 5.73 Å². The molecule has 0 amide bonds. The third kappa shape index (κ3) is 4.79. The molecule has 0 spiro atoms. The fraction of sp³-hybridized carbons (Fsp3) is 0.364. The van der Waals surface area contributed by atoms with Gasteiger partial charge in [-0.2, -0.15) is 0 Å². The lowest BCUT2D eigenvalue weighted by Crippen LogP contribution is -2.23. The Balaban J connectivity index is 1.59. The van der Waals surface area contributed by atoms with Crippen LogP contribution >= 0.6 is 0 Å². The molecular formula is C22H29N3. The van der Waals surface area contributed by atoms with Crippen LogP contribution in [0.4, 0.5) is 0 Å². The summed E-state index contributed by atoms with van der Waals surface area (Å²) in [6, 6.07) is 19.7. The first-order valence-electron chi connectivity index (χ1n) is 9.41. The van der Waals surface area contributed by atoms with Gasteiger partial charge >= 0.3 is 0 Å². The van der Waals surface area contributed by atoms with Gasteiger partial charge in [-0.05, 0) is 78.6 Å². The summed E-state index contributed by atoms with van der Waals surface area (Å²) in [5, 5.41) is 12.5. The van der Waals surface area contributed by atoms with E-state index < -0.39 is 0 Å². The maximum atomic E-state index is 5.51. The van der Waals surface area contributed by atoms with Crippen LogP contribution in [0.5, 0.6) is 0 Å². The van der Waals surface area contributed by atoms with E-state index in [2.05, 4.69) is 65.2 Å². The van der Waals surface area contributed by atoms with E-state index in [1.165, 1.54) is 33.5 Å². The summed E-state index contributed by atoms with van der Waals surface area (Å²) in [5.41, 5.74) is 6.91. The quantitative estimate of drug-likeness (QED) is 0.390. The lowest BCUT2D eigenvalue weighted by atomic mass is 9.97. The van der Waals surface area contributed by atoms with E-state index in [1.807, 2.05) is 0 Å². The largest absolute Gasteiger partial charge is 0.330 e. The van der Waals surface area contributed by atoms with Crippen molar-refractivity contribution < 1.29 is 0 Å². The maximum absolute atomic E-state index is 5.51. The van der Waals surface area contributed by atoms with E-state index in [0.29, 0.717) is 0 Å². The molecular weight excluding hydrogens is 306 g/mol. The SMILES string of the molecule is NCCCCNCCCNCc1c2ccccc2cc2ccccc12. The predicted octanol–water partition coefficient (Wildman–Crippen LogP) is 3.80. The molecule has 3 aromatic carbocycles. The van der Waals surface area contributed by atoms with Crippen molar-refractivity contribution in [2.45, 2.75) is 25.8 Å². The Labute approximate surface area is 150 Å². The molecule has 0 aliphatic carbocycles. The Hall–Kier alpha value is -1.94. The number of rotatable bonds is 10. The highest BCUT2D eigenvalue weighted by molar-refractivity contribution is 6.02. The monoisotopic (exact) mass is 335 g/mol. The first-order chi connectivity index (χ1) is 12.4. The van der Waals surface area contributed by atoms with Crippen molar-refractivity contribution in [3.8, 4) is 0 Å². The Kier molecular flexibility index (Phi) is 6.80. The van der Waals surface area contributed by atoms with Crippen LogP contribution in [0.1, 0.15) is 24.8 Å². The summed E-state index contributed by atoms with van der Waals surface area (Å²) in [6.45, 7) is 4.87. The maximum Gasteiger partial charge on any atom is 0.0217 e. The van der Waals surface area contributed by atoms with Crippen LogP contribution in [0.2, 0.25) is 0 Å². The smallest absolute Gasteiger partial charge is 0.0217 e. The summed E-state index contributed by atoms with van der Waals surface area (Å²) in [5.74, 6) is 0. The number of fused-ring (bicyclic) bond motifs is 2. The highest BCUT2D eigenvalue weighted by Crippen LogP contribution is 2.28. The van der Waals surface area contributed by atoms with Gasteiger partial charge in [0, 0.05) is 6.54 Å². The zero-order valence-electron chi connectivity index (χ0n) is 14.9. The molecule has 0 saturated carbocycles. The van der Waals surface area contributed by atoms with Crippen molar-refractivity contribution in [3.63, 3.8) is 0 Å². The molecule has 0 fully saturated rings. The first kappa shape index (κ1) is 17.9. The van der Waals surface area contributed by atoms with Crippen molar-refractivity contribution in [2.75, 3.05) is 26.2 Å². The number of hydrogen-bond donors (Lipinski definition) is 3. The van der Waals surface area contributed by atoms with Gasteiger partial charge in [-0.15, -0.1) is 0 Å². The summed E-state index contributed by atoms with van der Waals surface area (Å²) in [6.07, 6.45) is 3.43. The van der Waals surface area contributed by atoms with E-state index >= 15 is 0 Å². The Bertz CT molecular complexity index is 743. The van der Waals surface area contributed by atoms with Gasteiger partial charge in [0.2, 0.25) is 0 Å². The molecule has 0 aromatic heterocycles. The molecule has 0 bridgehead atoms. The zero-order valence-corrected chi connectivity index (χ0v) is 14.9. The third-order valence-corrected chi connectivity index (χ3v) is 4.70. The molecule has 132 valence electrons. The number of nitrogens with two attached hydrogens (primary N) is 1. The molecule has 3 aromatic rings. The van der Waals surface area contributed by atoms with Crippen LogP contribution < -0.4 is 16.4 Å². The molecule has 0 aliphatic rings. The molecule has 3 rings (SSSR count). The lowest BCUT2D eigenvalue weighted by molar-refractivity contribution is 0.577. The highest BCUT2D eigenvalue weighted by Gasteiger charge is 2.06. The molecule has 0 aliphatic heterocycles.